The second-order valence-corrected chi connectivity index (χ2v) is 5.17. The lowest BCUT2D eigenvalue weighted by molar-refractivity contribution is 0.615. The summed E-state index contributed by atoms with van der Waals surface area (Å²) < 4.78 is 13.3. The third-order valence-corrected chi connectivity index (χ3v) is 4.15. The number of thioether (sulfide) groups is 1. The van der Waals surface area contributed by atoms with Gasteiger partial charge in [0.05, 0.1) is 5.69 Å². The van der Waals surface area contributed by atoms with Gasteiger partial charge >= 0.3 is 0 Å². The molecule has 1 aliphatic rings. The van der Waals surface area contributed by atoms with Crippen molar-refractivity contribution in [3.8, 4) is 0 Å². The molecule has 2 nitrogen and oxygen atoms in total. The molecular formula is C12H17FN2S. The zero-order valence-electron chi connectivity index (χ0n) is 9.45. The smallest absolute Gasteiger partial charge is 0.125 e. The Labute approximate surface area is 100 Å². The van der Waals surface area contributed by atoms with Crippen molar-refractivity contribution >= 4 is 17.4 Å². The fourth-order valence-electron chi connectivity index (χ4n) is 1.98. The van der Waals surface area contributed by atoms with Crippen molar-refractivity contribution in [3.05, 3.63) is 24.0 Å². The predicted molar refractivity (Wildman–Crippen MR) is 67.6 cm³/mol. The Morgan fingerprint density at radius 3 is 3.12 bits per heavy atom. The molecule has 4 heteroatoms. The molecule has 0 saturated heterocycles. The first-order valence-electron chi connectivity index (χ1n) is 5.61. The molecule has 0 amide bonds. The lowest BCUT2D eigenvalue weighted by Crippen LogP contribution is -2.39. The van der Waals surface area contributed by atoms with Crippen molar-refractivity contribution in [1.29, 1.82) is 0 Å². The molecule has 0 aliphatic carbocycles. The van der Waals surface area contributed by atoms with E-state index in [-0.39, 0.29) is 5.82 Å². The van der Waals surface area contributed by atoms with Crippen LogP contribution in [0.5, 0.6) is 0 Å². The Hall–Kier alpha value is -0.740. The van der Waals surface area contributed by atoms with Gasteiger partial charge in [-0.05, 0) is 38.1 Å². The van der Waals surface area contributed by atoms with Gasteiger partial charge in [-0.1, -0.05) is 0 Å². The average Bonchev–Trinajstić information content (AvgIpc) is 2.28. The Balaban J connectivity index is 2.27. The first-order chi connectivity index (χ1) is 7.72. The van der Waals surface area contributed by atoms with Gasteiger partial charge in [-0.25, -0.2) is 4.39 Å². The molecule has 0 radical (unpaired) electrons. The number of nitrogens with zero attached hydrogens (tertiary/aromatic N) is 1. The number of hydrogen-bond acceptors (Lipinski definition) is 3. The summed E-state index contributed by atoms with van der Waals surface area (Å²) >= 11 is 1.80. The number of nitrogens with two attached hydrogens (primary N) is 1. The van der Waals surface area contributed by atoms with Crippen LogP contribution in [0, 0.1) is 5.82 Å². The summed E-state index contributed by atoms with van der Waals surface area (Å²) in [4.78, 5) is 3.44. The summed E-state index contributed by atoms with van der Waals surface area (Å²) in [5.41, 5.74) is 6.56. The topological polar surface area (TPSA) is 29.3 Å². The zero-order chi connectivity index (χ0) is 11.5. The molecule has 16 heavy (non-hydrogen) atoms. The van der Waals surface area contributed by atoms with Crippen LogP contribution < -0.4 is 10.6 Å². The summed E-state index contributed by atoms with van der Waals surface area (Å²) in [6.45, 7) is 3.77. The summed E-state index contributed by atoms with van der Waals surface area (Å²) in [5.74, 6) is 0.898. The highest BCUT2D eigenvalue weighted by atomic mass is 32.2. The first kappa shape index (κ1) is 11.7. The summed E-state index contributed by atoms with van der Waals surface area (Å²) in [6, 6.07) is 5.49. The largest absolute Gasteiger partial charge is 0.367 e. The van der Waals surface area contributed by atoms with Crippen LogP contribution in [0.1, 0.15) is 13.3 Å². The first-order valence-corrected chi connectivity index (χ1v) is 6.60. The quantitative estimate of drug-likeness (QED) is 0.880. The highest BCUT2D eigenvalue weighted by Gasteiger charge is 2.23. The van der Waals surface area contributed by atoms with Gasteiger partial charge in [0.2, 0.25) is 0 Å². The minimum Gasteiger partial charge on any atom is -0.367 e. The molecule has 0 aromatic heterocycles. The van der Waals surface area contributed by atoms with Gasteiger partial charge in [-0.15, -0.1) is 11.8 Å². The van der Waals surface area contributed by atoms with Crippen LogP contribution in [0.2, 0.25) is 0 Å². The normalized spacial score (nSPS) is 19.7. The van der Waals surface area contributed by atoms with E-state index >= 15 is 0 Å². The van der Waals surface area contributed by atoms with E-state index in [0.717, 1.165) is 24.4 Å². The van der Waals surface area contributed by atoms with Gasteiger partial charge in [0, 0.05) is 23.2 Å². The van der Waals surface area contributed by atoms with Crippen molar-refractivity contribution in [2.24, 2.45) is 5.73 Å². The molecule has 1 heterocycles. The Kier molecular flexibility index (Phi) is 3.71. The SMILES string of the molecule is CC1CSc2ccc(F)cc2N1CCCN. The van der Waals surface area contributed by atoms with E-state index < -0.39 is 0 Å². The molecule has 2 rings (SSSR count). The van der Waals surface area contributed by atoms with E-state index in [1.165, 1.54) is 11.0 Å². The number of rotatable bonds is 3. The van der Waals surface area contributed by atoms with Crippen LogP contribution in [0.3, 0.4) is 0 Å². The van der Waals surface area contributed by atoms with Gasteiger partial charge < -0.3 is 10.6 Å². The van der Waals surface area contributed by atoms with Gasteiger partial charge in [0.1, 0.15) is 5.82 Å². The molecule has 0 bridgehead atoms. The van der Waals surface area contributed by atoms with E-state index in [0.29, 0.717) is 12.6 Å². The fourth-order valence-corrected chi connectivity index (χ4v) is 3.07. The average molecular weight is 240 g/mol. The Morgan fingerprint density at radius 2 is 2.38 bits per heavy atom. The summed E-state index contributed by atoms with van der Waals surface area (Å²) in [6.07, 6.45) is 0.949. The third-order valence-electron chi connectivity index (χ3n) is 2.85. The van der Waals surface area contributed by atoms with E-state index in [1.807, 2.05) is 6.07 Å². The maximum Gasteiger partial charge on any atom is 0.125 e. The van der Waals surface area contributed by atoms with Crippen molar-refractivity contribution in [1.82, 2.24) is 0 Å². The monoisotopic (exact) mass is 240 g/mol. The molecule has 1 atom stereocenters. The standard InChI is InChI=1S/C12H17FN2S/c1-9-8-16-12-4-3-10(13)7-11(12)15(9)6-2-5-14/h3-4,7,9H,2,5-6,8,14H2,1H3. The minimum absolute atomic E-state index is 0.161. The number of hydrogen-bond donors (Lipinski definition) is 1. The van der Waals surface area contributed by atoms with Gasteiger partial charge in [-0.3, -0.25) is 0 Å². The van der Waals surface area contributed by atoms with E-state index in [4.69, 9.17) is 5.73 Å². The van der Waals surface area contributed by atoms with E-state index in [2.05, 4.69) is 11.8 Å². The maximum absolute atomic E-state index is 13.3. The molecule has 0 fully saturated rings. The number of halogens is 1. The highest BCUT2D eigenvalue weighted by molar-refractivity contribution is 7.99. The lowest BCUT2D eigenvalue weighted by Gasteiger charge is -2.36. The van der Waals surface area contributed by atoms with Crippen LogP contribution in [-0.4, -0.2) is 24.9 Å². The predicted octanol–water partition coefficient (Wildman–Crippen LogP) is 2.48. The van der Waals surface area contributed by atoms with Crippen LogP contribution >= 0.6 is 11.8 Å². The van der Waals surface area contributed by atoms with Crippen LogP contribution in [-0.2, 0) is 0 Å². The maximum atomic E-state index is 13.3. The number of fused-ring (bicyclic) bond motifs is 1. The molecule has 0 saturated carbocycles. The van der Waals surface area contributed by atoms with Gasteiger partial charge in [0.25, 0.3) is 0 Å². The molecule has 1 aromatic carbocycles. The van der Waals surface area contributed by atoms with Crippen LogP contribution in [0.15, 0.2) is 23.1 Å². The Morgan fingerprint density at radius 1 is 1.56 bits per heavy atom. The second-order valence-electron chi connectivity index (χ2n) is 4.11. The minimum atomic E-state index is -0.161. The molecule has 2 N–H and O–H groups in total. The second kappa shape index (κ2) is 5.06. The van der Waals surface area contributed by atoms with Crippen molar-refractivity contribution in [2.45, 2.75) is 24.3 Å². The van der Waals surface area contributed by atoms with Crippen LogP contribution in [0.4, 0.5) is 10.1 Å². The van der Waals surface area contributed by atoms with Crippen molar-refractivity contribution < 1.29 is 4.39 Å². The molecule has 1 aromatic rings. The van der Waals surface area contributed by atoms with Gasteiger partial charge in [0.15, 0.2) is 0 Å². The van der Waals surface area contributed by atoms with Gasteiger partial charge in [-0.2, -0.15) is 0 Å². The summed E-state index contributed by atoms with van der Waals surface area (Å²) in [7, 11) is 0. The molecular weight excluding hydrogens is 223 g/mol. The summed E-state index contributed by atoms with van der Waals surface area (Å²) in [5, 5.41) is 0. The molecule has 1 unspecified atom stereocenters. The van der Waals surface area contributed by atoms with E-state index in [9.17, 15) is 4.39 Å². The Bertz CT molecular complexity index is 370. The lowest BCUT2D eigenvalue weighted by atomic mass is 10.2. The van der Waals surface area contributed by atoms with Crippen molar-refractivity contribution in [3.63, 3.8) is 0 Å². The number of anilines is 1. The zero-order valence-corrected chi connectivity index (χ0v) is 10.3. The molecule has 88 valence electrons. The highest BCUT2D eigenvalue weighted by Crippen LogP contribution is 2.37. The van der Waals surface area contributed by atoms with Crippen LogP contribution in [0.25, 0.3) is 0 Å². The van der Waals surface area contributed by atoms with E-state index in [1.54, 1.807) is 17.8 Å². The molecule has 0 spiro atoms. The van der Waals surface area contributed by atoms with Crippen molar-refractivity contribution in [2.75, 3.05) is 23.7 Å². The third kappa shape index (κ3) is 2.33. The number of benzene rings is 1. The molecule has 1 aliphatic heterocycles. The fraction of sp³-hybridized carbons (Fsp3) is 0.500.